The number of nitrogens with zero attached hydrogens (tertiary/aromatic N) is 1. The highest BCUT2D eigenvalue weighted by atomic mass is 16.5. The summed E-state index contributed by atoms with van der Waals surface area (Å²) in [5, 5.41) is 5.05. The van der Waals surface area contributed by atoms with Crippen LogP contribution in [0.15, 0.2) is 4.52 Å². The molecule has 0 aliphatic carbocycles. The minimum atomic E-state index is 0.363. The Morgan fingerprint density at radius 1 is 1.46 bits per heavy atom. The van der Waals surface area contributed by atoms with E-state index < -0.39 is 0 Å². The van der Waals surface area contributed by atoms with Crippen LogP contribution in [0, 0.1) is 0 Å². The second kappa shape index (κ2) is 3.64. The van der Waals surface area contributed by atoms with Crippen LogP contribution in [0.4, 0.5) is 0 Å². The third-order valence-corrected chi connectivity index (χ3v) is 1.94. The van der Waals surface area contributed by atoms with Gasteiger partial charge in [-0.25, -0.2) is 0 Å². The number of nitrogens with two attached hydrogens (primary N) is 1. The summed E-state index contributed by atoms with van der Waals surface area (Å²) in [6.07, 6.45) is 1.46. The molecule has 3 nitrogen and oxygen atoms in total. The number of aromatic nitrogens is 1. The van der Waals surface area contributed by atoms with E-state index in [1.54, 1.807) is 0 Å². The standard InChI is InChI=1S/C10H16N2O/c1-6(2)9-8(5-11)13-12-10(9)7(3)4/h5,7H,11H2,1-4H3/b8-5+. The van der Waals surface area contributed by atoms with Crippen molar-refractivity contribution in [3.05, 3.63) is 16.3 Å². The maximum Gasteiger partial charge on any atom is 0.182 e. The molecule has 0 aliphatic rings. The maximum atomic E-state index is 5.43. The first-order chi connectivity index (χ1) is 6.07. The number of hydrogen-bond acceptors (Lipinski definition) is 3. The summed E-state index contributed by atoms with van der Waals surface area (Å²) < 4.78 is 5.12. The lowest BCUT2D eigenvalue weighted by molar-refractivity contribution is 0.384. The lowest BCUT2D eigenvalue weighted by atomic mass is 10.1. The van der Waals surface area contributed by atoms with Gasteiger partial charge in [0.25, 0.3) is 0 Å². The van der Waals surface area contributed by atoms with Gasteiger partial charge >= 0.3 is 0 Å². The molecule has 0 atom stereocenters. The molecule has 0 amide bonds. The quantitative estimate of drug-likeness (QED) is 0.691. The Balaban J connectivity index is 3.61. The van der Waals surface area contributed by atoms with Crippen LogP contribution in [0.25, 0.3) is 11.8 Å². The lowest BCUT2D eigenvalue weighted by Gasteiger charge is -1.97. The van der Waals surface area contributed by atoms with Crippen molar-refractivity contribution in [1.82, 2.24) is 5.16 Å². The maximum absolute atomic E-state index is 5.43. The lowest BCUT2D eigenvalue weighted by Crippen LogP contribution is -2.26. The predicted molar refractivity (Wildman–Crippen MR) is 53.3 cm³/mol. The highest BCUT2D eigenvalue weighted by molar-refractivity contribution is 5.41. The molecular weight excluding hydrogens is 164 g/mol. The van der Waals surface area contributed by atoms with Gasteiger partial charge < -0.3 is 10.3 Å². The summed E-state index contributed by atoms with van der Waals surface area (Å²) in [6.45, 7) is 8.24. The molecule has 0 unspecified atom stereocenters. The smallest absolute Gasteiger partial charge is 0.182 e. The van der Waals surface area contributed by atoms with Gasteiger partial charge in [0, 0.05) is 11.4 Å². The zero-order valence-corrected chi connectivity index (χ0v) is 8.59. The minimum absolute atomic E-state index is 0.363. The Bertz CT molecular complexity index is 397. The van der Waals surface area contributed by atoms with Gasteiger partial charge in [-0.05, 0) is 19.8 Å². The van der Waals surface area contributed by atoms with E-state index in [0.717, 1.165) is 10.9 Å². The fourth-order valence-electron chi connectivity index (χ4n) is 1.33. The molecule has 0 fully saturated rings. The fraction of sp³-hybridized carbons (Fsp3) is 0.500. The first-order valence-electron chi connectivity index (χ1n) is 4.43. The van der Waals surface area contributed by atoms with Crippen molar-refractivity contribution < 1.29 is 4.52 Å². The van der Waals surface area contributed by atoms with Gasteiger partial charge in [0.05, 0.1) is 5.69 Å². The normalized spacial score (nSPS) is 12.5. The molecule has 0 spiro atoms. The van der Waals surface area contributed by atoms with Crippen LogP contribution in [-0.4, -0.2) is 5.16 Å². The summed E-state index contributed by atoms with van der Waals surface area (Å²) in [7, 11) is 0. The highest BCUT2D eigenvalue weighted by Gasteiger charge is 2.08. The average molecular weight is 180 g/mol. The van der Waals surface area contributed by atoms with Gasteiger partial charge in [0.1, 0.15) is 0 Å². The van der Waals surface area contributed by atoms with Crippen molar-refractivity contribution in [3.63, 3.8) is 0 Å². The molecule has 0 aromatic carbocycles. The molecule has 3 heteroatoms. The Hall–Kier alpha value is -1.25. The van der Waals surface area contributed by atoms with Crippen molar-refractivity contribution >= 4 is 11.8 Å². The molecule has 1 aromatic rings. The first-order valence-corrected chi connectivity index (χ1v) is 4.43. The second-order valence-electron chi connectivity index (χ2n) is 3.63. The van der Waals surface area contributed by atoms with Crippen LogP contribution in [0.2, 0.25) is 0 Å². The first kappa shape index (κ1) is 9.84. The van der Waals surface area contributed by atoms with Gasteiger partial charge in [-0.15, -0.1) is 0 Å². The zero-order valence-electron chi connectivity index (χ0n) is 8.59. The third kappa shape index (κ3) is 1.74. The van der Waals surface area contributed by atoms with Gasteiger partial charge in [-0.1, -0.05) is 24.6 Å². The van der Waals surface area contributed by atoms with Gasteiger partial charge in [0.15, 0.2) is 5.42 Å². The van der Waals surface area contributed by atoms with Crippen LogP contribution in [0.5, 0.6) is 0 Å². The van der Waals surface area contributed by atoms with Crippen LogP contribution in [0.1, 0.15) is 39.3 Å². The largest absolute Gasteiger partial charge is 0.402 e. The minimum Gasteiger partial charge on any atom is -0.402 e. The Labute approximate surface area is 77.9 Å². The summed E-state index contributed by atoms with van der Waals surface area (Å²) in [6, 6.07) is 0. The van der Waals surface area contributed by atoms with Crippen LogP contribution in [-0.2, 0) is 0 Å². The molecular formula is C10H16N2O. The fourth-order valence-corrected chi connectivity index (χ4v) is 1.33. The van der Waals surface area contributed by atoms with Crippen LogP contribution >= 0.6 is 0 Å². The van der Waals surface area contributed by atoms with Crippen LogP contribution in [0.3, 0.4) is 0 Å². The van der Waals surface area contributed by atoms with E-state index in [1.807, 2.05) is 13.8 Å². The van der Waals surface area contributed by atoms with E-state index >= 15 is 0 Å². The average Bonchev–Trinajstić information content (AvgIpc) is 2.46. The molecule has 0 saturated carbocycles. The molecule has 0 bridgehead atoms. The monoisotopic (exact) mass is 180 g/mol. The Morgan fingerprint density at radius 2 is 2.08 bits per heavy atom. The van der Waals surface area contributed by atoms with E-state index in [4.69, 9.17) is 10.3 Å². The number of rotatable bonds is 1. The van der Waals surface area contributed by atoms with Crippen molar-refractivity contribution in [1.29, 1.82) is 0 Å². The van der Waals surface area contributed by atoms with Gasteiger partial charge in [-0.2, -0.15) is 0 Å². The van der Waals surface area contributed by atoms with E-state index in [-0.39, 0.29) is 0 Å². The van der Waals surface area contributed by atoms with Crippen molar-refractivity contribution in [2.45, 2.75) is 33.6 Å². The molecule has 0 radical (unpaired) electrons. The van der Waals surface area contributed by atoms with Crippen molar-refractivity contribution in [2.24, 2.45) is 5.73 Å². The van der Waals surface area contributed by atoms with Gasteiger partial charge in [-0.3, -0.25) is 0 Å². The number of hydrogen-bond donors (Lipinski definition) is 1. The molecule has 13 heavy (non-hydrogen) atoms. The van der Waals surface area contributed by atoms with E-state index in [2.05, 4.69) is 19.0 Å². The predicted octanol–water partition coefficient (Wildman–Crippen LogP) is 0.685. The second-order valence-corrected chi connectivity index (χ2v) is 3.63. The molecule has 1 rings (SSSR count). The van der Waals surface area contributed by atoms with Crippen LogP contribution < -0.4 is 16.4 Å². The van der Waals surface area contributed by atoms with E-state index in [1.165, 1.54) is 11.8 Å². The van der Waals surface area contributed by atoms with E-state index in [9.17, 15) is 0 Å². The molecule has 1 aromatic heterocycles. The van der Waals surface area contributed by atoms with Crippen molar-refractivity contribution in [3.8, 4) is 0 Å². The Kier molecular flexibility index (Phi) is 2.76. The van der Waals surface area contributed by atoms with E-state index in [0.29, 0.717) is 11.3 Å². The summed E-state index contributed by atoms with van der Waals surface area (Å²) in [4.78, 5) is 0. The van der Waals surface area contributed by atoms with Gasteiger partial charge in [0.2, 0.25) is 0 Å². The Morgan fingerprint density at radius 3 is 2.46 bits per heavy atom. The zero-order chi connectivity index (χ0) is 10.0. The molecule has 0 saturated heterocycles. The summed E-state index contributed by atoms with van der Waals surface area (Å²) in [5.41, 5.74) is 8.27. The summed E-state index contributed by atoms with van der Waals surface area (Å²) >= 11 is 0. The summed E-state index contributed by atoms with van der Waals surface area (Å²) in [5.74, 6) is 0.363. The van der Waals surface area contributed by atoms with Crippen molar-refractivity contribution in [2.75, 3.05) is 0 Å². The molecule has 0 aliphatic heterocycles. The SMILES string of the molecule is CC(C)=c1c(C(C)C)no/c1=C/N. The molecule has 1 heterocycles. The molecule has 72 valence electrons. The third-order valence-electron chi connectivity index (χ3n) is 1.94. The highest BCUT2D eigenvalue weighted by Crippen LogP contribution is 2.05. The topological polar surface area (TPSA) is 52.0 Å². The molecule has 2 N–H and O–H groups in total.